The van der Waals surface area contributed by atoms with Crippen LogP contribution in [-0.2, 0) is 26.2 Å². The largest absolute Gasteiger partial charge is 0.340 e. The van der Waals surface area contributed by atoms with Crippen LogP contribution in [-0.4, -0.2) is 20.6 Å². The molecule has 4 aromatic carbocycles. The van der Waals surface area contributed by atoms with Gasteiger partial charge in [-0.1, -0.05) is 61.9 Å². The van der Waals surface area contributed by atoms with Gasteiger partial charge in [-0.15, -0.1) is 0 Å². The van der Waals surface area contributed by atoms with Crippen LogP contribution in [0.4, 0.5) is 0 Å². The average Bonchev–Trinajstić information content (AvgIpc) is 3.39. The zero-order valence-electron chi connectivity index (χ0n) is 21.1. The predicted molar refractivity (Wildman–Crippen MR) is 153 cm³/mol. The van der Waals surface area contributed by atoms with Gasteiger partial charge < -0.3 is 9.13 Å². The van der Waals surface area contributed by atoms with Crippen molar-refractivity contribution in [3.63, 3.8) is 0 Å². The van der Waals surface area contributed by atoms with Crippen LogP contribution in [0.5, 0.6) is 0 Å². The fourth-order valence-corrected chi connectivity index (χ4v) is 6.38. The van der Waals surface area contributed by atoms with Gasteiger partial charge >= 0.3 is 0 Å². The molecule has 10 rings (SSSR count). The number of fused-ring (bicyclic) bond motifs is 2. The van der Waals surface area contributed by atoms with E-state index in [1.807, 2.05) is 0 Å². The van der Waals surface area contributed by atoms with Gasteiger partial charge in [0, 0.05) is 69.8 Å². The van der Waals surface area contributed by atoms with Crippen molar-refractivity contribution in [2.45, 2.75) is 52.4 Å². The van der Waals surface area contributed by atoms with Crippen LogP contribution < -0.4 is 0 Å². The van der Waals surface area contributed by atoms with Gasteiger partial charge in [0.1, 0.15) is 0 Å². The molecule has 36 heavy (non-hydrogen) atoms. The van der Waals surface area contributed by atoms with Crippen LogP contribution in [0, 0.1) is 0 Å². The third-order valence-electron chi connectivity index (χ3n) is 8.08. The Kier molecular flexibility index (Phi) is 5.32. The number of para-hydroxylation sites is 2. The molecule has 3 nitrogen and oxygen atoms in total. The molecule has 3 heteroatoms. The molecule has 0 aliphatic carbocycles. The lowest BCUT2D eigenvalue weighted by atomic mass is 10.1. The van der Waals surface area contributed by atoms with Crippen LogP contribution >= 0.6 is 0 Å². The molecule has 180 valence electrons. The highest BCUT2D eigenvalue weighted by Gasteiger charge is 2.16. The fraction of sp³-hybridized carbons (Fsp3) is 0.273. The van der Waals surface area contributed by atoms with Crippen molar-refractivity contribution in [3.05, 3.63) is 96.1 Å². The molecule has 0 unspecified atom stereocenters. The standard InChI is InChI=1S/C33H33N3/c1-2-3-17-34-22-24-13-15-32-28(20-24)26-9-4-6-11-30(26)35(32)18-8-19-36-31-12-7-5-10-27(31)29-21-25(23-34)14-16-33(29)36/h4-7,9-16,20-21H,2-3,8,17-19,22-23H2,1H3. The lowest BCUT2D eigenvalue weighted by Crippen LogP contribution is -2.24. The SMILES string of the molecule is CCCCN1Cc2ccc3c(c2)c2ccccc2n3CCCn2c3ccccc3c3cc(ccc32)C1. The molecule has 0 radical (unpaired) electrons. The van der Waals surface area contributed by atoms with Crippen LogP contribution in [0.25, 0.3) is 43.6 Å². The number of unbranched alkanes of at least 4 members (excludes halogenated alkanes) is 1. The number of benzene rings is 4. The second-order valence-corrected chi connectivity index (χ2v) is 10.5. The summed E-state index contributed by atoms with van der Waals surface area (Å²) in [6.07, 6.45) is 3.54. The van der Waals surface area contributed by atoms with E-state index in [0.717, 1.165) is 39.1 Å². The molecule has 0 spiro atoms. The summed E-state index contributed by atoms with van der Waals surface area (Å²) in [7, 11) is 0. The first-order chi connectivity index (χ1) is 17.8. The van der Waals surface area contributed by atoms with Gasteiger partial charge in [0.15, 0.2) is 0 Å². The summed E-state index contributed by atoms with van der Waals surface area (Å²) in [5.74, 6) is 0. The molecule has 0 saturated heterocycles. The summed E-state index contributed by atoms with van der Waals surface area (Å²) in [6, 6.07) is 32.2. The van der Waals surface area contributed by atoms with Crippen molar-refractivity contribution in [2.75, 3.05) is 6.54 Å². The Morgan fingerprint density at radius 3 is 1.61 bits per heavy atom. The van der Waals surface area contributed by atoms with E-state index < -0.39 is 0 Å². The Morgan fingerprint density at radius 1 is 0.583 bits per heavy atom. The maximum atomic E-state index is 2.63. The Morgan fingerprint density at radius 2 is 1.08 bits per heavy atom. The minimum Gasteiger partial charge on any atom is -0.340 e. The molecule has 0 saturated carbocycles. The lowest BCUT2D eigenvalue weighted by molar-refractivity contribution is 0.253. The van der Waals surface area contributed by atoms with E-state index in [1.165, 1.54) is 67.6 Å². The number of hydrogen-bond donors (Lipinski definition) is 0. The maximum Gasteiger partial charge on any atom is 0.0491 e. The van der Waals surface area contributed by atoms with Gasteiger partial charge in [0.25, 0.3) is 0 Å². The molecular formula is C33H33N3. The van der Waals surface area contributed by atoms with Crippen LogP contribution in [0.15, 0.2) is 84.9 Å². The molecule has 6 aromatic rings. The molecule has 0 atom stereocenters. The van der Waals surface area contributed by atoms with Crippen molar-refractivity contribution >= 4 is 43.6 Å². The Bertz CT molecular complexity index is 1590. The Labute approximate surface area is 212 Å². The summed E-state index contributed by atoms with van der Waals surface area (Å²) >= 11 is 0. The van der Waals surface area contributed by atoms with Gasteiger partial charge in [-0.25, -0.2) is 0 Å². The van der Waals surface area contributed by atoms with Crippen molar-refractivity contribution in [3.8, 4) is 0 Å². The molecular weight excluding hydrogens is 438 g/mol. The van der Waals surface area contributed by atoms with Crippen LogP contribution in [0.3, 0.4) is 0 Å². The molecule has 8 bridgehead atoms. The molecule has 0 N–H and O–H groups in total. The minimum atomic E-state index is 0.981. The van der Waals surface area contributed by atoms with Crippen LogP contribution in [0.2, 0.25) is 0 Å². The molecule has 4 aliphatic rings. The highest BCUT2D eigenvalue weighted by Crippen LogP contribution is 2.33. The van der Waals surface area contributed by atoms with E-state index in [4.69, 9.17) is 0 Å². The quantitative estimate of drug-likeness (QED) is 0.254. The number of rotatable bonds is 3. The fourth-order valence-electron chi connectivity index (χ4n) is 6.38. The molecule has 0 fully saturated rings. The van der Waals surface area contributed by atoms with Gasteiger partial charge in [-0.2, -0.15) is 0 Å². The monoisotopic (exact) mass is 471 g/mol. The Balaban J connectivity index is 1.43. The number of aryl methyl sites for hydroxylation is 2. The Hall–Kier alpha value is -3.56. The topological polar surface area (TPSA) is 13.1 Å². The van der Waals surface area contributed by atoms with Gasteiger partial charge in [0.05, 0.1) is 0 Å². The first-order valence-corrected chi connectivity index (χ1v) is 13.5. The van der Waals surface area contributed by atoms with Crippen LogP contribution in [0.1, 0.15) is 37.3 Å². The zero-order chi connectivity index (χ0) is 24.1. The maximum absolute atomic E-state index is 2.63. The number of hydrogen-bond acceptors (Lipinski definition) is 1. The first-order valence-electron chi connectivity index (χ1n) is 13.5. The predicted octanol–water partition coefficient (Wildman–Crippen LogP) is 8.11. The van der Waals surface area contributed by atoms with E-state index in [0.29, 0.717) is 0 Å². The third kappa shape index (κ3) is 3.53. The highest BCUT2D eigenvalue weighted by atomic mass is 15.1. The van der Waals surface area contributed by atoms with Crippen molar-refractivity contribution in [1.82, 2.24) is 14.0 Å². The van der Waals surface area contributed by atoms with Gasteiger partial charge in [0.2, 0.25) is 0 Å². The highest BCUT2D eigenvalue weighted by molar-refractivity contribution is 6.09. The second-order valence-electron chi connectivity index (χ2n) is 10.5. The van der Waals surface area contributed by atoms with E-state index in [9.17, 15) is 0 Å². The first kappa shape index (κ1) is 21.7. The molecule has 2 aromatic heterocycles. The molecule has 6 heterocycles. The van der Waals surface area contributed by atoms with E-state index in [2.05, 4.69) is 106 Å². The average molecular weight is 472 g/mol. The van der Waals surface area contributed by atoms with E-state index in [1.54, 1.807) is 0 Å². The number of aromatic nitrogens is 2. The second kappa shape index (κ2) is 8.83. The summed E-state index contributed by atoms with van der Waals surface area (Å²) in [4.78, 5) is 2.63. The van der Waals surface area contributed by atoms with E-state index in [-0.39, 0.29) is 0 Å². The third-order valence-corrected chi connectivity index (χ3v) is 8.08. The smallest absolute Gasteiger partial charge is 0.0491 e. The normalized spacial score (nSPS) is 15.0. The lowest BCUT2D eigenvalue weighted by Gasteiger charge is -2.23. The summed E-state index contributed by atoms with van der Waals surface area (Å²) < 4.78 is 5.09. The zero-order valence-corrected chi connectivity index (χ0v) is 21.1. The molecule has 0 amide bonds. The molecule has 4 aliphatic heterocycles. The summed E-state index contributed by atoms with van der Waals surface area (Å²) in [5.41, 5.74) is 8.24. The number of nitrogens with zero attached hydrogens (tertiary/aromatic N) is 3. The van der Waals surface area contributed by atoms with Gasteiger partial charge in [-0.3, -0.25) is 4.90 Å². The minimum absolute atomic E-state index is 0.981. The van der Waals surface area contributed by atoms with Gasteiger partial charge in [-0.05, 0) is 66.9 Å². The van der Waals surface area contributed by atoms with E-state index >= 15 is 0 Å². The van der Waals surface area contributed by atoms with Crippen molar-refractivity contribution < 1.29 is 0 Å². The summed E-state index contributed by atoms with van der Waals surface area (Å²) in [5, 5.41) is 5.53. The summed E-state index contributed by atoms with van der Waals surface area (Å²) in [6.45, 7) is 7.40. The van der Waals surface area contributed by atoms with Crippen molar-refractivity contribution in [2.24, 2.45) is 0 Å². The van der Waals surface area contributed by atoms with Crippen molar-refractivity contribution in [1.29, 1.82) is 0 Å².